The highest BCUT2D eigenvalue weighted by molar-refractivity contribution is 6.33. The van der Waals surface area contributed by atoms with Crippen LogP contribution >= 0.6 is 11.6 Å². The zero-order chi connectivity index (χ0) is 15.7. The molecule has 0 heterocycles. The van der Waals surface area contributed by atoms with Gasteiger partial charge in [0.25, 0.3) is 5.91 Å². The Morgan fingerprint density at radius 2 is 1.85 bits per heavy atom. The lowest BCUT2D eigenvalue weighted by molar-refractivity contribution is -0.203. The van der Waals surface area contributed by atoms with Crippen LogP contribution in [0.3, 0.4) is 0 Å². The van der Waals surface area contributed by atoms with Crippen LogP contribution in [0.5, 0.6) is 0 Å². The molecule has 1 atom stereocenters. The molecule has 1 aromatic carbocycles. The van der Waals surface area contributed by atoms with Gasteiger partial charge in [-0.1, -0.05) is 11.6 Å². The van der Waals surface area contributed by atoms with Crippen molar-refractivity contribution in [3.63, 3.8) is 0 Å². The number of alkyl halides is 3. The van der Waals surface area contributed by atoms with Crippen LogP contribution in [0.1, 0.15) is 17.3 Å². The van der Waals surface area contributed by atoms with E-state index in [9.17, 15) is 27.2 Å². The van der Waals surface area contributed by atoms with Gasteiger partial charge in [-0.25, -0.2) is 9.18 Å². The van der Waals surface area contributed by atoms with Gasteiger partial charge in [0.1, 0.15) is 5.82 Å². The van der Waals surface area contributed by atoms with Gasteiger partial charge < -0.3 is 10.4 Å². The SMILES string of the molecule is CC(NC(=O)c1ccc(F)cc1Cl)(C(=O)O)C(F)(F)F. The highest BCUT2D eigenvalue weighted by Crippen LogP contribution is 2.31. The van der Waals surface area contributed by atoms with Crippen molar-refractivity contribution in [1.29, 1.82) is 0 Å². The summed E-state index contributed by atoms with van der Waals surface area (Å²) < 4.78 is 50.9. The zero-order valence-electron chi connectivity index (χ0n) is 9.89. The maximum atomic E-state index is 12.8. The second-order valence-electron chi connectivity index (χ2n) is 4.01. The summed E-state index contributed by atoms with van der Waals surface area (Å²) >= 11 is 5.52. The van der Waals surface area contributed by atoms with Crippen molar-refractivity contribution in [2.75, 3.05) is 0 Å². The fourth-order valence-corrected chi connectivity index (χ4v) is 1.47. The van der Waals surface area contributed by atoms with Crippen molar-refractivity contribution in [3.8, 4) is 0 Å². The van der Waals surface area contributed by atoms with Crippen LogP contribution in [0.25, 0.3) is 0 Å². The smallest absolute Gasteiger partial charge is 0.422 e. The van der Waals surface area contributed by atoms with Gasteiger partial charge in [0.05, 0.1) is 10.6 Å². The monoisotopic (exact) mass is 313 g/mol. The van der Waals surface area contributed by atoms with Gasteiger partial charge in [-0.2, -0.15) is 13.2 Å². The molecule has 4 nitrogen and oxygen atoms in total. The number of benzene rings is 1. The molecule has 0 fully saturated rings. The summed E-state index contributed by atoms with van der Waals surface area (Å²) in [4.78, 5) is 22.4. The number of hydrogen-bond donors (Lipinski definition) is 2. The first-order valence-electron chi connectivity index (χ1n) is 5.06. The average molecular weight is 314 g/mol. The Bertz CT molecular complexity index is 561. The molecule has 2 N–H and O–H groups in total. The third-order valence-corrected chi connectivity index (χ3v) is 2.85. The molecule has 20 heavy (non-hydrogen) atoms. The Morgan fingerprint density at radius 3 is 2.25 bits per heavy atom. The van der Waals surface area contributed by atoms with Gasteiger partial charge >= 0.3 is 12.1 Å². The van der Waals surface area contributed by atoms with Crippen LogP contribution in [-0.4, -0.2) is 28.7 Å². The zero-order valence-corrected chi connectivity index (χ0v) is 10.6. The molecular formula is C11H8ClF4NO3. The lowest BCUT2D eigenvalue weighted by atomic mass is 10.0. The summed E-state index contributed by atoms with van der Waals surface area (Å²) in [5.41, 5.74) is -3.95. The summed E-state index contributed by atoms with van der Waals surface area (Å²) in [5.74, 6) is -4.45. The Hall–Kier alpha value is -1.83. The third kappa shape index (κ3) is 3.01. The largest absolute Gasteiger partial charge is 0.479 e. The highest BCUT2D eigenvalue weighted by atomic mass is 35.5. The van der Waals surface area contributed by atoms with Crippen LogP contribution in [0.2, 0.25) is 5.02 Å². The van der Waals surface area contributed by atoms with E-state index in [0.29, 0.717) is 6.92 Å². The molecule has 0 spiro atoms. The van der Waals surface area contributed by atoms with E-state index >= 15 is 0 Å². The summed E-state index contributed by atoms with van der Waals surface area (Å²) in [6.45, 7) is 0.296. The van der Waals surface area contributed by atoms with Crippen molar-refractivity contribution in [2.45, 2.75) is 18.6 Å². The summed E-state index contributed by atoms with van der Waals surface area (Å²) in [6, 6.07) is 2.39. The number of carboxylic acids is 1. The predicted octanol–water partition coefficient (Wildman–Crippen LogP) is 2.61. The molecule has 1 aromatic rings. The van der Waals surface area contributed by atoms with Gasteiger partial charge in [0, 0.05) is 0 Å². The molecule has 0 bridgehead atoms. The average Bonchev–Trinajstić information content (AvgIpc) is 2.26. The molecule has 0 radical (unpaired) electrons. The van der Waals surface area contributed by atoms with Crippen LogP contribution in [-0.2, 0) is 4.79 Å². The molecular weight excluding hydrogens is 306 g/mol. The van der Waals surface area contributed by atoms with Crippen LogP contribution < -0.4 is 5.32 Å². The minimum atomic E-state index is -5.22. The fraction of sp³-hybridized carbons (Fsp3) is 0.273. The number of halogens is 5. The Balaban J connectivity index is 3.13. The third-order valence-electron chi connectivity index (χ3n) is 2.53. The summed E-state index contributed by atoms with van der Waals surface area (Å²) in [6.07, 6.45) is -5.22. The Kier molecular flexibility index (Phi) is 4.28. The van der Waals surface area contributed by atoms with E-state index in [-0.39, 0.29) is 0 Å². The highest BCUT2D eigenvalue weighted by Gasteiger charge is 2.58. The van der Waals surface area contributed by atoms with Crippen LogP contribution in [0, 0.1) is 5.82 Å². The molecule has 0 aliphatic rings. The van der Waals surface area contributed by atoms with E-state index in [0.717, 1.165) is 18.2 Å². The molecule has 1 unspecified atom stereocenters. The van der Waals surface area contributed by atoms with Crippen molar-refractivity contribution in [2.24, 2.45) is 0 Å². The number of nitrogens with one attached hydrogen (secondary N) is 1. The normalized spacial score (nSPS) is 14.5. The van der Waals surface area contributed by atoms with Crippen LogP contribution in [0.4, 0.5) is 17.6 Å². The van der Waals surface area contributed by atoms with Gasteiger partial charge in [-0.3, -0.25) is 4.79 Å². The van der Waals surface area contributed by atoms with Crippen molar-refractivity contribution >= 4 is 23.5 Å². The number of aliphatic carboxylic acids is 1. The van der Waals surface area contributed by atoms with Gasteiger partial charge in [-0.05, 0) is 25.1 Å². The van der Waals surface area contributed by atoms with Gasteiger partial charge in [0.2, 0.25) is 5.54 Å². The molecule has 0 saturated heterocycles. The van der Waals surface area contributed by atoms with E-state index in [4.69, 9.17) is 16.7 Å². The number of carbonyl (C=O) groups excluding carboxylic acids is 1. The summed E-state index contributed by atoms with van der Waals surface area (Å²) in [5, 5.41) is 9.56. The first kappa shape index (κ1) is 16.2. The van der Waals surface area contributed by atoms with Crippen molar-refractivity contribution < 1.29 is 32.3 Å². The van der Waals surface area contributed by atoms with Gasteiger partial charge in [0.15, 0.2) is 0 Å². The standard InChI is InChI=1S/C11H8ClF4NO3/c1-10(9(19)20,11(14,15)16)17-8(18)6-3-2-5(13)4-7(6)12/h2-4H,1H3,(H,17,18)(H,19,20). The number of hydrogen-bond acceptors (Lipinski definition) is 2. The number of rotatable bonds is 3. The first-order chi connectivity index (χ1) is 8.99. The molecule has 1 amide bonds. The van der Waals surface area contributed by atoms with Gasteiger partial charge in [-0.15, -0.1) is 0 Å². The van der Waals surface area contributed by atoms with E-state index < -0.39 is 40.0 Å². The van der Waals surface area contributed by atoms with Crippen LogP contribution in [0.15, 0.2) is 18.2 Å². The van der Waals surface area contributed by atoms with E-state index in [1.165, 1.54) is 5.32 Å². The van der Waals surface area contributed by atoms with Crippen molar-refractivity contribution in [3.05, 3.63) is 34.6 Å². The summed E-state index contributed by atoms with van der Waals surface area (Å²) in [7, 11) is 0. The van der Waals surface area contributed by atoms with Crippen molar-refractivity contribution in [1.82, 2.24) is 5.32 Å². The first-order valence-corrected chi connectivity index (χ1v) is 5.44. The molecule has 0 saturated carbocycles. The topological polar surface area (TPSA) is 66.4 Å². The maximum Gasteiger partial charge on any atom is 0.422 e. The van der Waals surface area contributed by atoms with E-state index in [1.807, 2.05) is 0 Å². The Morgan fingerprint density at radius 1 is 1.30 bits per heavy atom. The minimum absolute atomic E-state index is 0.296. The predicted molar refractivity (Wildman–Crippen MR) is 61.0 cm³/mol. The quantitative estimate of drug-likeness (QED) is 0.843. The maximum absolute atomic E-state index is 12.8. The second-order valence-corrected chi connectivity index (χ2v) is 4.41. The minimum Gasteiger partial charge on any atom is -0.479 e. The number of amides is 1. The molecule has 9 heteroatoms. The molecule has 0 aromatic heterocycles. The second kappa shape index (κ2) is 5.28. The fourth-order valence-electron chi connectivity index (χ4n) is 1.21. The molecule has 110 valence electrons. The van der Waals surface area contributed by atoms with E-state index in [1.54, 1.807) is 0 Å². The lowest BCUT2D eigenvalue weighted by Gasteiger charge is -2.28. The Labute approximate surface area is 115 Å². The lowest BCUT2D eigenvalue weighted by Crippen LogP contribution is -2.61. The number of carbonyl (C=O) groups is 2. The molecule has 0 aliphatic carbocycles. The molecule has 1 rings (SSSR count). The number of carboxylic acid groups (broad SMARTS) is 1. The molecule has 0 aliphatic heterocycles. The van der Waals surface area contributed by atoms with E-state index in [2.05, 4.69) is 0 Å².